The molecule has 7 heteroatoms. The van der Waals surface area contributed by atoms with E-state index in [2.05, 4.69) is 29.4 Å². The van der Waals surface area contributed by atoms with Gasteiger partial charge in [-0.05, 0) is 38.0 Å². The predicted octanol–water partition coefficient (Wildman–Crippen LogP) is 4.68. The number of fused-ring (bicyclic) bond motifs is 3. The highest BCUT2D eigenvalue weighted by Gasteiger charge is 2.34. The summed E-state index contributed by atoms with van der Waals surface area (Å²) in [5.74, 6) is -0.0507. The van der Waals surface area contributed by atoms with Gasteiger partial charge in [0.05, 0.1) is 5.56 Å². The van der Waals surface area contributed by atoms with Crippen LogP contribution in [0.1, 0.15) is 46.4 Å². The number of halogens is 2. The van der Waals surface area contributed by atoms with Gasteiger partial charge in [-0.15, -0.1) is 11.3 Å². The van der Waals surface area contributed by atoms with Crippen molar-refractivity contribution in [3.8, 4) is 0 Å². The maximum atomic E-state index is 12.8. The van der Waals surface area contributed by atoms with E-state index in [4.69, 9.17) is 23.2 Å². The van der Waals surface area contributed by atoms with Crippen LogP contribution in [0.4, 0.5) is 5.00 Å². The third-order valence-corrected chi connectivity index (χ3v) is 6.69. The van der Waals surface area contributed by atoms with Gasteiger partial charge in [0.15, 0.2) is 0 Å². The van der Waals surface area contributed by atoms with Gasteiger partial charge in [0.2, 0.25) is 0 Å². The van der Waals surface area contributed by atoms with Crippen molar-refractivity contribution in [2.24, 2.45) is 0 Å². The molecule has 0 aliphatic carbocycles. The van der Waals surface area contributed by atoms with Gasteiger partial charge in [0.25, 0.3) is 5.91 Å². The van der Waals surface area contributed by atoms with E-state index < -0.39 is 6.17 Å². The molecule has 0 radical (unpaired) electrons. The molecule has 0 spiro atoms. The van der Waals surface area contributed by atoms with Gasteiger partial charge in [0, 0.05) is 39.6 Å². The second-order valence-electron chi connectivity index (χ2n) is 6.71. The summed E-state index contributed by atoms with van der Waals surface area (Å²) in [6.07, 6.45) is 0.494. The average Bonchev–Trinajstić information content (AvgIpc) is 2.92. The molecule has 0 saturated carbocycles. The van der Waals surface area contributed by atoms with E-state index in [9.17, 15) is 4.79 Å². The topological polar surface area (TPSA) is 44.4 Å². The second-order valence-corrected chi connectivity index (χ2v) is 8.63. The zero-order valence-electron chi connectivity index (χ0n) is 14.0. The Morgan fingerprint density at radius 2 is 1.96 bits per heavy atom. The largest absolute Gasteiger partial charge is 0.353 e. The van der Waals surface area contributed by atoms with Crippen LogP contribution in [0.5, 0.6) is 0 Å². The van der Waals surface area contributed by atoms with Crippen LogP contribution in [0, 0.1) is 0 Å². The van der Waals surface area contributed by atoms with E-state index >= 15 is 0 Å². The van der Waals surface area contributed by atoms with Crippen molar-refractivity contribution in [2.45, 2.75) is 39.0 Å². The van der Waals surface area contributed by atoms with Crippen molar-refractivity contribution in [2.75, 3.05) is 11.9 Å². The van der Waals surface area contributed by atoms with Gasteiger partial charge in [0.1, 0.15) is 11.2 Å². The number of hydrogen-bond donors (Lipinski definition) is 2. The smallest absolute Gasteiger partial charge is 0.256 e. The van der Waals surface area contributed by atoms with E-state index in [-0.39, 0.29) is 5.91 Å². The molecular weight excluding hydrogens is 377 g/mol. The summed E-state index contributed by atoms with van der Waals surface area (Å²) in [6.45, 7) is 6.30. The first kappa shape index (κ1) is 17.2. The number of amides is 1. The summed E-state index contributed by atoms with van der Waals surface area (Å²) in [6, 6.07) is 5.87. The van der Waals surface area contributed by atoms with Crippen molar-refractivity contribution in [1.82, 2.24) is 10.2 Å². The number of benzene rings is 1. The highest BCUT2D eigenvalue weighted by Crippen LogP contribution is 2.42. The van der Waals surface area contributed by atoms with Crippen LogP contribution in [-0.2, 0) is 13.0 Å². The molecule has 132 valence electrons. The lowest BCUT2D eigenvalue weighted by molar-refractivity contribution is 0.0934. The zero-order chi connectivity index (χ0) is 17.7. The molecule has 25 heavy (non-hydrogen) atoms. The quantitative estimate of drug-likeness (QED) is 0.775. The summed E-state index contributed by atoms with van der Waals surface area (Å²) in [7, 11) is 0. The van der Waals surface area contributed by atoms with Crippen LogP contribution < -0.4 is 10.6 Å². The zero-order valence-corrected chi connectivity index (χ0v) is 16.4. The Hall–Kier alpha value is -1.27. The molecule has 1 atom stereocenters. The number of thiophene rings is 1. The molecule has 2 aromatic rings. The van der Waals surface area contributed by atoms with Crippen LogP contribution >= 0.6 is 34.5 Å². The first-order valence-corrected chi connectivity index (χ1v) is 9.93. The Balaban J connectivity index is 1.70. The van der Waals surface area contributed by atoms with E-state index in [0.717, 1.165) is 30.1 Å². The van der Waals surface area contributed by atoms with Crippen LogP contribution in [0.3, 0.4) is 0 Å². The molecule has 2 aliphatic heterocycles. The SMILES string of the molecule is CC(C)N1CCc2c(sc3c2C(=O)N[C@H](c2c(Cl)cccc2Cl)N3)C1. The standard InChI is InChI=1S/C18H19Cl2N3OS/c1-9(2)23-7-6-10-13(8-23)25-18-14(10)17(24)21-16(22-18)15-11(19)4-3-5-12(15)20/h3-5,9,16,22H,6-8H2,1-2H3,(H,21,24)/t16-/m0/s1. The molecule has 4 nitrogen and oxygen atoms in total. The minimum Gasteiger partial charge on any atom is -0.353 e. The van der Waals surface area contributed by atoms with Crippen LogP contribution in [0.2, 0.25) is 10.0 Å². The molecule has 4 rings (SSSR count). The van der Waals surface area contributed by atoms with Gasteiger partial charge >= 0.3 is 0 Å². The van der Waals surface area contributed by atoms with Crippen molar-refractivity contribution in [1.29, 1.82) is 0 Å². The third kappa shape index (κ3) is 2.93. The normalized spacial score (nSPS) is 20.0. The monoisotopic (exact) mass is 395 g/mol. The Kier molecular flexibility index (Phi) is 4.44. The lowest BCUT2D eigenvalue weighted by Gasteiger charge is -2.31. The number of carbonyl (C=O) groups excluding carboxylic acids is 1. The molecule has 2 aliphatic rings. The van der Waals surface area contributed by atoms with Crippen LogP contribution in [0.15, 0.2) is 18.2 Å². The molecular formula is C18H19Cl2N3OS. The summed E-state index contributed by atoms with van der Waals surface area (Å²) in [4.78, 5) is 16.5. The fourth-order valence-corrected chi connectivity index (χ4v) is 5.42. The first-order chi connectivity index (χ1) is 12.0. The fourth-order valence-electron chi connectivity index (χ4n) is 3.51. The lowest BCUT2D eigenvalue weighted by atomic mass is 9.99. The van der Waals surface area contributed by atoms with E-state index in [1.807, 2.05) is 0 Å². The molecule has 1 aromatic carbocycles. The maximum Gasteiger partial charge on any atom is 0.256 e. The number of nitrogens with one attached hydrogen (secondary N) is 2. The summed E-state index contributed by atoms with van der Waals surface area (Å²) in [5.41, 5.74) is 2.69. The van der Waals surface area contributed by atoms with Crippen LogP contribution in [0.25, 0.3) is 0 Å². The van der Waals surface area contributed by atoms with E-state index in [1.54, 1.807) is 29.5 Å². The van der Waals surface area contributed by atoms with Crippen LogP contribution in [-0.4, -0.2) is 23.4 Å². The summed E-state index contributed by atoms with van der Waals surface area (Å²) >= 11 is 14.3. The Bertz CT molecular complexity index is 829. The Morgan fingerprint density at radius 1 is 1.24 bits per heavy atom. The van der Waals surface area contributed by atoms with Gasteiger partial charge < -0.3 is 10.6 Å². The Labute approximate surface area is 161 Å². The molecule has 1 amide bonds. The molecule has 0 saturated heterocycles. The highest BCUT2D eigenvalue weighted by molar-refractivity contribution is 7.16. The fraction of sp³-hybridized carbons (Fsp3) is 0.389. The summed E-state index contributed by atoms with van der Waals surface area (Å²) < 4.78 is 0. The van der Waals surface area contributed by atoms with Gasteiger partial charge in [-0.1, -0.05) is 29.3 Å². The molecule has 1 aromatic heterocycles. The van der Waals surface area contributed by atoms with Crippen molar-refractivity contribution in [3.63, 3.8) is 0 Å². The van der Waals surface area contributed by atoms with E-state index in [1.165, 1.54) is 10.4 Å². The minimum absolute atomic E-state index is 0.0507. The van der Waals surface area contributed by atoms with Gasteiger partial charge in [-0.3, -0.25) is 9.69 Å². The third-order valence-electron chi connectivity index (χ3n) is 4.88. The average molecular weight is 396 g/mol. The highest BCUT2D eigenvalue weighted by atomic mass is 35.5. The van der Waals surface area contributed by atoms with E-state index in [0.29, 0.717) is 21.7 Å². The molecule has 3 heterocycles. The van der Waals surface area contributed by atoms with Gasteiger partial charge in [-0.25, -0.2) is 0 Å². The lowest BCUT2D eigenvalue weighted by Crippen LogP contribution is -2.39. The summed E-state index contributed by atoms with van der Waals surface area (Å²) in [5, 5.41) is 8.44. The number of nitrogens with zero attached hydrogens (tertiary/aromatic N) is 1. The minimum atomic E-state index is -0.414. The molecule has 0 fully saturated rings. The predicted molar refractivity (Wildman–Crippen MR) is 104 cm³/mol. The van der Waals surface area contributed by atoms with Gasteiger partial charge in [-0.2, -0.15) is 0 Å². The first-order valence-electron chi connectivity index (χ1n) is 8.35. The molecule has 0 unspecified atom stereocenters. The molecule has 0 bridgehead atoms. The number of anilines is 1. The number of rotatable bonds is 2. The number of hydrogen-bond acceptors (Lipinski definition) is 4. The van der Waals surface area contributed by atoms with Crippen molar-refractivity contribution >= 4 is 45.4 Å². The second kappa shape index (κ2) is 6.47. The Morgan fingerprint density at radius 3 is 2.64 bits per heavy atom. The van der Waals surface area contributed by atoms with Crippen molar-refractivity contribution < 1.29 is 4.79 Å². The molecule has 2 N–H and O–H groups in total. The number of carbonyl (C=O) groups is 1. The van der Waals surface area contributed by atoms with Crippen molar-refractivity contribution in [3.05, 3.63) is 49.8 Å². The maximum absolute atomic E-state index is 12.8.